The quantitative estimate of drug-likeness (QED) is 0.257. The van der Waals surface area contributed by atoms with E-state index in [0.29, 0.717) is 6.54 Å². The molecule has 2 N–H and O–H groups in total. The van der Waals surface area contributed by atoms with Gasteiger partial charge in [0.05, 0.1) is 13.7 Å². The van der Waals surface area contributed by atoms with Gasteiger partial charge in [0.2, 0.25) is 0 Å². The van der Waals surface area contributed by atoms with Crippen LogP contribution in [-0.2, 0) is 11.3 Å². The molecule has 0 radical (unpaired) electrons. The molecule has 0 spiro atoms. The molecule has 132 valence electrons. The van der Waals surface area contributed by atoms with Crippen molar-refractivity contribution in [2.24, 2.45) is 4.99 Å². The van der Waals surface area contributed by atoms with E-state index in [1.807, 2.05) is 31.2 Å². The molecule has 0 unspecified atom stereocenters. The fourth-order valence-electron chi connectivity index (χ4n) is 1.84. The number of benzene rings is 1. The Bertz CT molecular complexity index is 424. The molecule has 0 atom stereocenters. The lowest BCUT2D eigenvalue weighted by Gasteiger charge is -2.12. The van der Waals surface area contributed by atoms with Crippen molar-refractivity contribution in [2.75, 3.05) is 33.4 Å². The summed E-state index contributed by atoms with van der Waals surface area (Å²) in [6.45, 7) is 8.13. The minimum Gasteiger partial charge on any atom is -0.497 e. The smallest absolute Gasteiger partial charge is 0.191 e. The van der Waals surface area contributed by atoms with Gasteiger partial charge in [0.25, 0.3) is 0 Å². The second-order valence-corrected chi connectivity index (χ2v) is 4.92. The van der Waals surface area contributed by atoms with Gasteiger partial charge < -0.3 is 20.1 Å². The van der Waals surface area contributed by atoms with Crippen LogP contribution in [0.4, 0.5) is 0 Å². The number of nitrogens with one attached hydrogen (secondary N) is 2. The Balaban J connectivity index is 0.00000484. The van der Waals surface area contributed by atoms with Gasteiger partial charge in [0.1, 0.15) is 5.75 Å². The van der Waals surface area contributed by atoms with Crippen molar-refractivity contribution in [3.63, 3.8) is 0 Å². The SMILES string of the molecule is CCCNC(=NCc1ccc(OC)cc1)NCCCOCC.I. The minimum atomic E-state index is 0. The van der Waals surface area contributed by atoms with Crippen LogP contribution in [0, 0.1) is 0 Å². The summed E-state index contributed by atoms with van der Waals surface area (Å²) in [5, 5.41) is 6.67. The van der Waals surface area contributed by atoms with E-state index >= 15 is 0 Å². The number of ether oxygens (including phenoxy) is 2. The zero-order valence-electron chi connectivity index (χ0n) is 14.4. The molecule has 5 nitrogen and oxygen atoms in total. The van der Waals surface area contributed by atoms with Gasteiger partial charge >= 0.3 is 0 Å². The molecule has 0 aliphatic rings. The van der Waals surface area contributed by atoms with Gasteiger partial charge in [-0.1, -0.05) is 19.1 Å². The third-order valence-electron chi connectivity index (χ3n) is 3.08. The molecule has 23 heavy (non-hydrogen) atoms. The van der Waals surface area contributed by atoms with Gasteiger partial charge in [0.15, 0.2) is 5.96 Å². The van der Waals surface area contributed by atoms with Gasteiger partial charge in [-0.3, -0.25) is 0 Å². The number of rotatable bonds is 10. The average Bonchev–Trinajstić information content (AvgIpc) is 2.57. The molecule has 1 aromatic rings. The number of aliphatic imine (C=N–C) groups is 1. The lowest BCUT2D eigenvalue weighted by atomic mass is 10.2. The number of methoxy groups -OCH3 is 1. The maximum Gasteiger partial charge on any atom is 0.191 e. The Kier molecular flexibility index (Phi) is 13.9. The Morgan fingerprint density at radius 1 is 1.09 bits per heavy atom. The molecule has 0 fully saturated rings. The Hall–Kier alpha value is -1.02. The lowest BCUT2D eigenvalue weighted by Crippen LogP contribution is -2.38. The van der Waals surface area contributed by atoms with Crippen molar-refractivity contribution in [1.82, 2.24) is 10.6 Å². The van der Waals surface area contributed by atoms with Gasteiger partial charge in [-0.15, -0.1) is 24.0 Å². The fraction of sp³-hybridized carbons (Fsp3) is 0.588. The van der Waals surface area contributed by atoms with Crippen LogP contribution >= 0.6 is 24.0 Å². The predicted octanol–water partition coefficient (Wildman–Crippen LogP) is 3.19. The maximum atomic E-state index is 5.34. The van der Waals surface area contributed by atoms with Gasteiger partial charge in [-0.05, 0) is 37.5 Å². The summed E-state index contributed by atoms with van der Waals surface area (Å²) in [4.78, 5) is 4.62. The zero-order valence-corrected chi connectivity index (χ0v) is 16.8. The molecule has 0 aliphatic carbocycles. The summed E-state index contributed by atoms with van der Waals surface area (Å²) in [5.74, 6) is 1.72. The predicted molar refractivity (Wildman–Crippen MR) is 107 cm³/mol. The van der Waals surface area contributed by atoms with Gasteiger partial charge in [-0.2, -0.15) is 0 Å². The fourth-order valence-corrected chi connectivity index (χ4v) is 1.84. The number of halogens is 1. The Labute approximate surface area is 157 Å². The van der Waals surface area contributed by atoms with Gasteiger partial charge in [0, 0.05) is 26.3 Å². The highest BCUT2D eigenvalue weighted by Gasteiger charge is 1.98. The van der Waals surface area contributed by atoms with E-state index in [1.54, 1.807) is 7.11 Å². The Morgan fingerprint density at radius 3 is 2.39 bits per heavy atom. The lowest BCUT2D eigenvalue weighted by molar-refractivity contribution is 0.145. The van der Waals surface area contributed by atoms with E-state index in [4.69, 9.17) is 9.47 Å². The topological polar surface area (TPSA) is 54.9 Å². The van der Waals surface area contributed by atoms with E-state index in [1.165, 1.54) is 0 Å². The van der Waals surface area contributed by atoms with E-state index in [9.17, 15) is 0 Å². The first-order chi connectivity index (χ1) is 10.8. The molecule has 0 aliphatic heterocycles. The first-order valence-corrected chi connectivity index (χ1v) is 8.03. The monoisotopic (exact) mass is 435 g/mol. The molecular weight excluding hydrogens is 405 g/mol. The van der Waals surface area contributed by atoms with E-state index in [0.717, 1.165) is 56.4 Å². The zero-order chi connectivity index (χ0) is 16.0. The summed E-state index contributed by atoms with van der Waals surface area (Å²) in [7, 11) is 1.67. The summed E-state index contributed by atoms with van der Waals surface area (Å²) >= 11 is 0. The van der Waals surface area contributed by atoms with Gasteiger partial charge in [-0.25, -0.2) is 4.99 Å². The molecule has 6 heteroatoms. The van der Waals surface area contributed by atoms with Crippen LogP contribution in [0.1, 0.15) is 32.3 Å². The average molecular weight is 435 g/mol. The van der Waals surface area contributed by atoms with Crippen molar-refractivity contribution < 1.29 is 9.47 Å². The highest BCUT2D eigenvalue weighted by molar-refractivity contribution is 14.0. The number of guanidine groups is 1. The first-order valence-electron chi connectivity index (χ1n) is 8.03. The molecule has 1 aromatic carbocycles. The maximum absolute atomic E-state index is 5.34. The van der Waals surface area contributed by atoms with E-state index < -0.39 is 0 Å². The van der Waals surface area contributed by atoms with Crippen LogP contribution < -0.4 is 15.4 Å². The van der Waals surface area contributed by atoms with Crippen LogP contribution in [0.25, 0.3) is 0 Å². The molecular formula is C17H30IN3O2. The van der Waals surface area contributed by atoms with E-state index in [2.05, 4.69) is 22.5 Å². The normalized spacial score (nSPS) is 10.8. The molecule has 0 aromatic heterocycles. The summed E-state index contributed by atoms with van der Waals surface area (Å²) in [5.41, 5.74) is 1.16. The van der Waals surface area contributed by atoms with E-state index in [-0.39, 0.29) is 24.0 Å². The summed E-state index contributed by atoms with van der Waals surface area (Å²) in [6, 6.07) is 7.99. The third-order valence-corrected chi connectivity index (χ3v) is 3.08. The summed E-state index contributed by atoms with van der Waals surface area (Å²) in [6.07, 6.45) is 2.05. The number of hydrogen-bond acceptors (Lipinski definition) is 3. The van der Waals surface area contributed by atoms with Crippen molar-refractivity contribution >= 4 is 29.9 Å². The van der Waals surface area contributed by atoms with Crippen molar-refractivity contribution in [1.29, 1.82) is 0 Å². The number of nitrogens with zero attached hydrogens (tertiary/aromatic N) is 1. The minimum absolute atomic E-state index is 0. The first kappa shape index (κ1) is 22.0. The second kappa shape index (κ2) is 14.6. The summed E-state index contributed by atoms with van der Waals surface area (Å²) < 4.78 is 10.5. The molecule has 0 heterocycles. The molecule has 0 bridgehead atoms. The number of hydrogen-bond donors (Lipinski definition) is 2. The van der Waals surface area contributed by atoms with Crippen LogP contribution in [0.5, 0.6) is 5.75 Å². The third kappa shape index (κ3) is 10.4. The van der Waals surface area contributed by atoms with Crippen molar-refractivity contribution in [3.05, 3.63) is 29.8 Å². The van der Waals surface area contributed by atoms with Crippen LogP contribution in [0.3, 0.4) is 0 Å². The second-order valence-electron chi connectivity index (χ2n) is 4.92. The van der Waals surface area contributed by atoms with Crippen LogP contribution in [0.2, 0.25) is 0 Å². The largest absolute Gasteiger partial charge is 0.497 e. The molecule has 0 amide bonds. The Morgan fingerprint density at radius 2 is 1.78 bits per heavy atom. The highest BCUT2D eigenvalue weighted by atomic mass is 127. The molecule has 1 rings (SSSR count). The molecule has 0 saturated carbocycles. The van der Waals surface area contributed by atoms with Crippen molar-refractivity contribution in [2.45, 2.75) is 33.2 Å². The standard InChI is InChI=1S/C17H29N3O2.HI/c1-4-11-18-17(19-12-6-13-22-5-2)20-14-15-7-9-16(21-3)10-8-15;/h7-10H,4-6,11-14H2,1-3H3,(H2,18,19,20);1H. The van der Waals surface area contributed by atoms with Crippen LogP contribution in [-0.4, -0.2) is 39.4 Å². The van der Waals surface area contributed by atoms with Crippen molar-refractivity contribution in [3.8, 4) is 5.75 Å². The molecule has 0 saturated heterocycles. The van der Waals surface area contributed by atoms with Crippen LogP contribution in [0.15, 0.2) is 29.3 Å². The highest BCUT2D eigenvalue weighted by Crippen LogP contribution is 2.11.